The molecule has 3 rings (SSSR count). The van der Waals surface area contributed by atoms with Crippen molar-refractivity contribution in [2.75, 3.05) is 0 Å². The molecule has 1 aromatic carbocycles. The molecule has 4 nitrogen and oxygen atoms in total. The van der Waals surface area contributed by atoms with E-state index in [1.807, 2.05) is 57.2 Å². The second-order valence-electron chi connectivity index (χ2n) is 7.50. The van der Waals surface area contributed by atoms with Crippen LogP contribution in [-0.2, 0) is 9.53 Å². The minimum atomic E-state index is -0.433. The van der Waals surface area contributed by atoms with E-state index in [0.717, 1.165) is 11.1 Å². The SMILES string of the molecule is C/C(=C\c1ccccc1)[C@@H]1C(C#N)=C(N)OC2=C1C(=O)CC(C)(C)C2. The molecule has 0 spiro atoms. The molecule has 128 valence electrons. The molecule has 1 aliphatic heterocycles. The number of Topliss-reactive ketones (excluding diaryl/α,β-unsaturated/α-hetero) is 1. The van der Waals surface area contributed by atoms with Crippen molar-refractivity contribution >= 4 is 11.9 Å². The van der Waals surface area contributed by atoms with Crippen molar-refractivity contribution in [1.29, 1.82) is 5.26 Å². The minimum Gasteiger partial charge on any atom is -0.444 e. The average molecular weight is 334 g/mol. The Balaban J connectivity index is 2.11. The third-order valence-electron chi connectivity index (χ3n) is 4.72. The van der Waals surface area contributed by atoms with Crippen LogP contribution in [0.1, 0.15) is 39.2 Å². The quantitative estimate of drug-likeness (QED) is 0.884. The Morgan fingerprint density at radius 2 is 2.00 bits per heavy atom. The molecule has 0 aromatic heterocycles. The zero-order valence-corrected chi connectivity index (χ0v) is 14.8. The summed E-state index contributed by atoms with van der Waals surface area (Å²) in [6.45, 7) is 6.02. The fraction of sp³-hybridized carbons (Fsp3) is 0.333. The Hall–Kier alpha value is -2.80. The molecule has 4 heteroatoms. The molecule has 0 saturated carbocycles. The van der Waals surface area contributed by atoms with Crippen molar-refractivity contribution in [1.82, 2.24) is 0 Å². The van der Waals surface area contributed by atoms with Gasteiger partial charge >= 0.3 is 0 Å². The van der Waals surface area contributed by atoms with Crippen LogP contribution in [0.3, 0.4) is 0 Å². The van der Waals surface area contributed by atoms with Crippen LogP contribution in [0.25, 0.3) is 6.08 Å². The molecule has 0 amide bonds. The van der Waals surface area contributed by atoms with Gasteiger partial charge < -0.3 is 10.5 Å². The van der Waals surface area contributed by atoms with Crippen LogP contribution < -0.4 is 5.73 Å². The van der Waals surface area contributed by atoms with Gasteiger partial charge in [0.1, 0.15) is 17.4 Å². The van der Waals surface area contributed by atoms with Gasteiger partial charge in [0.05, 0.1) is 5.92 Å². The zero-order valence-electron chi connectivity index (χ0n) is 14.8. The average Bonchev–Trinajstić information content (AvgIpc) is 2.53. The number of ether oxygens (including phenoxy) is 1. The number of hydrogen-bond donors (Lipinski definition) is 1. The third kappa shape index (κ3) is 3.23. The normalized spacial score (nSPS) is 23.0. The summed E-state index contributed by atoms with van der Waals surface area (Å²) < 4.78 is 5.70. The monoisotopic (exact) mass is 334 g/mol. The Morgan fingerprint density at radius 3 is 2.64 bits per heavy atom. The summed E-state index contributed by atoms with van der Waals surface area (Å²) >= 11 is 0. The molecule has 0 saturated heterocycles. The summed E-state index contributed by atoms with van der Waals surface area (Å²) in [4.78, 5) is 12.8. The first-order valence-corrected chi connectivity index (χ1v) is 8.39. The molecule has 1 heterocycles. The minimum absolute atomic E-state index is 0.0392. The Labute approximate surface area is 148 Å². The smallest absolute Gasteiger partial charge is 0.205 e. The van der Waals surface area contributed by atoms with E-state index in [1.165, 1.54) is 0 Å². The molecule has 0 fully saturated rings. The zero-order chi connectivity index (χ0) is 18.2. The van der Waals surface area contributed by atoms with E-state index in [-0.39, 0.29) is 17.1 Å². The highest BCUT2D eigenvalue weighted by atomic mass is 16.5. The molecular formula is C21H22N2O2. The first kappa shape index (κ1) is 17.0. The Kier molecular flexibility index (Phi) is 4.26. The van der Waals surface area contributed by atoms with Crippen molar-refractivity contribution in [2.45, 2.75) is 33.6 Å². The van der Waals surface area contributed by atoms with Crippen molar-refractivity contribution in [3.8, 4) is 6.07 Å². The van der Waals surface area contributed by atoms with Gasteiger partial charge in [0.2, 0.25) is 5.88 Å². The van der Waals surface area contributed by atoms with Gasteiger partial charge in [-0.2, -0.15) is 5.26 Å². The standard InChI is InChI=1S/C21H22N2O2/c1-13(9-14-7-5-4-6-8-14)18-15(12-22)20(23)25-17-11-21(2,3)10-16(24)19(17)18/h4-9,18H,10-11,23H2,1-3H3/b13-9+/t18-/m1/s1. The van der Waals surface area contributed by atoms with E-state index in [1.54, 1.807) is 0 Å². The van der Waals surface area contributed by atoms with Crippen LogP contribution in [0, 0.1) is 22.7 Å². The molecule has 1 aromatic rings. The number of carbonyl (C=O) groups excluding carboxylic acids is 1. The highest BCUT2D eigenvalue weighted by Crippen LogP contribution is 2.46. The third-order valence-corrected chi connectivity index (χ3v) is 4.72. The highest BCUT2D eigenvalue weighted by molar-refractivity contribution is 5.99. The number of ketones is 1. The predicted octanol–water partition coefficient (Wildman–Crippen LogP) is 4.07. The van der Waals surface area contributed by atoms with E-state index >= 15 is 0 Å². The van der Waals surface area contributed by atoms with Gasteiger partial charge in [0.25, 0.3) is 0 Å². The number of nitrogens with zero attached hydrogens (tertiary/aromatic N) is 1. The largest absolute Gasteiger partial charge is 0.444 e. The van der Waals surface area contributed by atoms with Gasteiger partial charge in [0, 0.05) is 18.4 Å². The summed E-state index contributed by atoms with van der Waals surface area (Å²) in [5.74, 6) is 0.330. The summed E-state index contributed by atoms with van der Waals surface area (Å²) in [5.41, 5.74) is 8.69. The first-order valence-electron chi connectivity index (χ1n) is 8.39. The van der Waals surface area contributed by atoms with E-state index in [2.05, 4.69) is 6.07 Å². The molecule has 2 N–H and O–H groups in total. The topological polar surface area (TPSA) is 76.1 Å². The van der Waals surface area contributed by atoms with Crippen molar-refractivity contribution < 1.29 is 9.53 Å². The fourth-order valence-corrected chi connectivity index (χ4v) is 3.64. The van der Waals surface area contributed by atoms with Gasteiger partial charge in [-0.3, -0.25) is 4.79 Å². The lowest BCUT2D eigenvalue weighted by atomic mass is 9.70. The maximum Gasteiger partial charge on any atom is 0.205 e. The van der Waals surface area contributed by atoms with Crippen LogP contribution in [-0.4, -0.2) is 5.78 Å². The van der Waals surface area contributed by atoms with Crippen molar-refractivity contribution in [3.63, 3.8) is 0 Å². The number of benzene rings is 1. The molecular weight excluding hydrogens is 312 g/mol. The van der Waals surface area contributed by atoms with Crippen LogP contribution in [0.4, 0.5) is 0 Å². The summed E-state index contributed by atoms with van der Waals surface area (Å²) in [6.07, 6.45) is 3.09. The lowest BCUT2D eigenvalue weighted by Gasteiger charge is -2.37. The van der Waals surface area contributed by atoms with Gasteiger partial charge in [-0.05, 0) is 17.9 Å². The van der Waals surface area contributed by atoms with Crippen LogP contribution in [0.15, 0.2) is 58.7 Å². The summed E-state index contributed by atoms with van der Waals surface area (Å²) in [5, 5.41) is 9.60. The number of allylic oxidation sites excluding steroid dienone is 4. The second-order valence-corrected chi connectivity index (χ2v) is 7.50. The number of nitriles is 1. The highest BCUT2D eigenvalue weighted by Gasteiger charge is 2.42. The molecule has 1 atom stereocenters. The number of nitrogens with two attached hydrogens (primary N) is 1. The number of rotatable bonds is 2. The van der Waals surface area contributed by atoms with Gasteiger partial charge in [-0.1, -0.05) is 55.8 Å². The Bertz CT molecular complexity index is 852. The summed E-state index contributed by atoms with van der Waals surface area (Å²) in [6, 6.07) is 12.0. The molecule has 0 radical (unpaired) electrons. The molecule has 1 aliphatic carbocycles. The van der Waals surface area contributed by atoms with E-state index in [0.29, 0.717) is 29.7 Å². The number of carbonyl (C=O) groups is 1. The Morgan fingerprint density at radius 1 is 1.32 bits per heavy atom. The van der Waals surface area contributed by atoms with Crippen LogP contribution >= 0.6 is 0 Å². The summed E-state index contributed by atoms with van der Waals surface area (Å²) in [7, 11) is 0. The fourth-order valence-electron chi connectivity index (χ4n) is 3.64. The van der Waals surface area contributed by atoms with Crippen molar-refractivity contribution in [3.05, 3.63) is 64.3 Å². The predicted molar refractivity (Wildman–Crippen MR) is 96.5 cm³/mol. The van der Waals surface area contributed by atoms with E-state index in [9.17, 15) is 10.1 Å². The van der Waals surface area contributed by atoms with E-state index in [4.69, 9.17) is 10.5 Å². The molecule has 25 heavy (non-hydrogen) atoms. The van der Waals surface area contributed by atoms with Crippen LogP contribution in [0.5, 0.6) is 0 Å². The van der Waals surface area contributed by atoms with Gasteiger partial charge in [-0.25, -0.2) is 0 Å². The maximum atomic E-state index is 12.8. The number of hydrogen-bond acceptors (Lipinski definition) is 4. The molecule has 2 aliphatic rings. The molecule has 0 bridgehead atoms. The second kappa shape index (κ2) is 6.25. The lowest BCUT2D eigenvalue weighted by molar-refractivity contribution is -0.119. The maximum absolute atomic E-state index is 12.8. The van der Waals surface area contributed by atoms with Gasteiger partial charge in [-0.15, -0.1) is 0 Å². The van der Waals surface area contributed by atoms with Crippen molar-refractivity contribution in [2.24, 2.45) is 17.1 Å². The first-order chi connectivity index (χ1) is 11.8. The van der Waals surface area contributed by atoms with Gasteiger partial charge in [0.15, 0.2) is 5.78 Å². The molecule has 0 unspecified atom stereocenters. The van der Waals surface area contributed by atoms with E-state index < -0.39 is 5.92 Å². The lowest BCUT2D eigenvalue weighted by Crippen LogP contribution is -2.34. The van der Waals surface area contributed by atoms with Crippen LogP contribution in [0.2, 0.25) is 0 Å².